The molecule has 0 saturated carbocycles. The maximum atomic E-state index is 13.9. The van der Waals surface area contributed by atoms with Gasteiger partial charge in [-0.2, -0.15) is 0 Å². The first-order chi connectivity index (χ1) is 22.3. The monoisotopic (exact) mass is 652 g/mol. The van der Waals surface area contributed by atoms with E-state index >= 15 is 0 Å². The molecule has 1 heterocycles. The van der Waals surface area contributed by atoms with E-state index in [2.05, 4.69) is 16.0 Å². The number of likely N-dealkylation sites (tertiary alicyclic amines) is 1. The zero-order valence-electron chi connectivity index (χ0n) is 25.7. The molecular weight excluding hydrogens is 612 g/mol. The van der Waals surface area contributed by atoms with Crippen LogP contribution in [-0.2, 0) is 46.4 Å². The molecule has 0 bridgehead atoms. The quantitative estimate of drug-likeness (QED) is 0.111. The molecule has 0 unspecified atom stereocenters. The number of carboxylic acids is 2. The molecule has 1 saturated heterocycles. The largest absolute Gasteiger partial charge is 0.481 e. The standard InChI is InChI=1S/C32H40N6O9/c33-21(18-26(34)39)28(42)37-24(17-20-10-5-2-6-11-20)31(45)38-15-7-12-25(38)30(44)36-23(16-19-8-3-1-4-9-19)29(43)35-22(32(46)47)13-14-27(40)41/h1-6,8-11,21-25H,7,12-18,33H2,(H2,34,39)(H,35,43)(H,36,44)(H,37,42)(H,40,41)(H,46,47)/t21-,22-,23-,24-,25-/m0/s1. The van der Waals surface area contributed by atoms with Crippen LogP contribution in [0.4, 0.5) is 0 Å². The van der Waals surface area contributed by atoms with Gasteiger partial charge >= 0.3 is 11.9 Å². The molecule has 1 fully saturated rings. The van der Waals surface area contributed by atoms with Crippen LogP contribution in [-0.4, -0.2) is 93.3 Å². The topological polar surface area (TPSA) is 251 Å². The van der Waals surface area contributed by atoms with Gasteiger partial charge in [0.25, 0.3) is 0 Å². The van der Waals surface area contributed by atoms with E-state index in [4.69, 9.17) is 16.6 Å². The highest BCUT2D eigenvalue weighted by molar-refractivity contribution is 5.96. The summed E-state index contributed by atoms with van der Waals surface area (Å²) in [4.78, 5) is 89.1. The van der Waals surface area contributed by atoms with Crippen LogP contribution in [0.1, 0.15) is 43.2 Å². The lowest BCUT2D eigenvalue weighted by atomic mass is 10.0. The summed E-state index contributed by atoms with van der Waals surface area (Å²) in [5, 5.41) is 26.1. The van der Waals surface area contributed by atoms with E-state index in [0.717, 1.165) is 0 Å². The fourth-order valence-corrected chi connectivity index (χ4v) is 5.27. The van der Waals surface area contributed by atoms with Crippen LogP contribution in [0.3, 0.4) is 0 Å². The number of amides is 5. The molecule has 2 aromatic rings. The van der Waals surface area contributed by atoms with E-state index in [1.807, 2.05) is 0 Å². The van der Waals surface area contributed by atoms with Crippen LogP contribution in [0.2, 0.25) is 0 Å². The van der Waals surface area contributed by atoms with E-state index in [1.165, 1.54) is 4.90 Å². The molecule has 0 aromatic heterocycles. The van der Waals surface area contributed by atoms with E-state index in [1.54, 1.807) is 60.7 Å². The maximum absolute atomic E-state index is 13.9. The highest BCUT2D eigenvalue weighted by Crippen LogP contribution is 2.20. The number of nitrogens with one attached hydrogen (secondary N) is 3. The molecule has 15 heteroatoms. The predicted octanol–water partition coefficient (Wildman–Crippen LogP) is -0.931. The van der Waals surface area contributed by atoms with Gasteiger partial charge in [0.1, 0.15) is 24.2 Å². The second kappa shape index (κ2) is 17.4. The van der Waals surface area contributed by atoms with Gasteiger partial charge in [0.05, 0.1) is 12.5 Å². The van der Waals surface area contributed by atoms with Crippen LogP contribution in [0.25, 0.3) is 0 Å². The Kier molecular flexibility index (Phi) is 13.4. The molecule has 1 aliphatic heterocycles. The molecule has 0 radical (unpaired) electrons. The molecule has 252 valence electrons. The highest BCUT2D eigenvalue weighted by atomic mass is 16.4. The van der Waals surface area contributed by atoms with Crippen LogP contribution < -0.4 is 27.4 Å². The summed E-state index contributed by atoms with van der Waals surface area (Å²) in [7, 11) is 0. The van der Waals surface area contributed by atoms with Crippen molar-refractivity contribution in [3.63, 3.8) is 0 Å². The summed E-state index contributed by atoms with van der Waals surface area (Å²) in [6.07, 6.45) is -0.564. The Morgan fingerprint density at radius 3 is 1.87 bits per heavy atom. The van der Waals surface area contributed by atoms with Crippen molar-refractivity contribution in [2.45, 2.75) is 75.2 Å². The van der Waals surface area contributed by atoms with Gasteiger partial charge < -0.3 is 42.5 Å². The molecule has 1 aliphatic rings. The summed E-state index contributed by atoms with van der Waals surface area (Å²) in [5.41, 5.74) is 12.4. The fraction of sp³-hybridized carbons (Fsp3) is 0.406. The molecular formula is C32H40N6O9. The number of carbonyl (C=O) groups excluding carboxylic acids is 5. The summed E-state index contributed by atoms with van der Waals surface area (Å²) in [6, 6.07) is 11.3. The zero-order valence-corrected chi connectivity index (χ0v) is 25.7. The first-order valence-corrected chi connectivity index (χ1v) is 15.1. The molecule has 2 aromatic carbocycles. The Balaban J connectivity index is 1.82. The first kappa shape index (κ1) is 36.2. The molecule has 9 N–H and O–H groups in total. The SMILES string of the molecule is NC(=O)C[C@H](N)C(=O)N[C@@H](Cc1ccccc1)C(=O)N1CCC[C@H]1C(=O)N[C@@H](Cc1ccccc1)C(=O)N[C@@H](CCC(=O)O)C(=O)O. The Morgan fingerprint density at radius 1 is 0.787 bits per heavy atom. The first-order valence-electron chi connectivity index (χ1n) is 15.1. The summed E-state index contributed by atoms with van der Waals surface area (Å²) in [5.74, 6) is -6.31. The summed E-state index contributed by atoms with van der Waals surface area (Å²) >= 11 is 0. The van der Waals surface area contributed by atoms with Crippen molar-refractivity contribution in [1.29, 1.82) is 0 Å². The highest BCUT2D eigenvalue weighted by Gasteiger charge is 2.39. The molecule has 0 spiro atoms. The Hall–Kier alpha value is -5.31. The summed E-state index contributed by atoms with van der Waals surface area (Å²) < 4.78 is 0. The Morgan fingerprint density at radius 2 is 1.34 bits per heavy atom. The van der Waals surface area contributed by atoms with Gasteiger partial charge in [-0.05, 0) is 30.4 Å². The lowest BCUT2D eigenvalue weighted by molar-refractivity contribution is -0.144. The third-order valence-corrected chi connectivity index (χ3v) is 7.67. The van der Waals surface area contributed by atoms with Gasteiger partial charge in [-0.25, -0.2) is 4.79 Å². The lowest BCUT2D eigenvalue weighted by Gasteiger charge is -2.30. The number of nitrogens with two attached hydrogens (primary N) is 2. The van der Waals surface area contributed by atoms with Gasteiger partial charge in [-0.1, -0.05) is 60.7 Å². The number of benzene rings is 2. The third-order valence-electron chi connectivity index (χ3n) is 7.67. The fourth-order valence-electron chi connectivity index (χ4n) is 5.27. The van der Waals surface area contributed by atoms with E-state index in [9.17, 15) is 38.7 Å². The Labute approximate surface area is 271 Å². The lowest BCUT2D eigenvalue weighted by Crippen LogP contribution is -2.59. The van der Waals surface area contributed by atoms with Crippen LogP contribution in [0, 0.1) is 0 Å². The minimum Gasteiger partial charge on any atom is -0.481 e. The summed E-state index contributed by atoms with van der Waals surface area (Å²) in [6.45, 7) is 0.178. The minimum atomic E-state index is -1.51. The van der Waals surface area contributed by atoms with Crippen molar-refractivity contribution < 1.29 is 43.8 Å². The van der Waals surface area contributed by atoms with Crippen molar-refractivity contribution in [2.24, 2.45) is 11.5 Å². The number of carboxylic acid groups (broad SMARTS) is 2. The molecule has 0 aliphatic carbocycles. The normalized spacial score (nSPS) is 16.6. The number of hydrogen-bond donors (Lipinski definition) is 7. The van der Waals surface area contributed by atoms with Crippen molar-refractivity contribution in [2.75, 3.05) is 6.54 Å². The third kappa shape index (κ3) is 11.2. The number of aliphatic carboxylic acids is 2. The molecule has 15 nitrogen and oxygen atoms in total. The van der Waals surface area contributed by atoms with Crippen molar-refractivity contribution in [3.8, 4) is 0 Å². The number of primary amides is 1. The smallest absolute Gasteiger partial charge is 0.326 e. The average Bonchev–Trinajstić information content (AvgIpc) is 3.52. The van der Waals surface area contributed by atoms with Crippen LogP contribution in [0.15, 0.2) is 60.7 Å². The van der Waals surface area contributed by atoms with Gasteiger partial charge in [0.2, 0.25) is 29.5 Å². The molecule has 3 rings (SSSR count). The van der Waals surface area contributed by atoms with Gasteiger partial charge in [-0.3, -0.25) is 28.8 Å². The van der Waals surface area contributed by atoms with E-state index in [0.29, 0.717) is 17.5 Å². The average molecular weight is 653 g/mol. The van der Waals surface area contributed by atoms with Gasteiger partial charge in [0.15, 0.2) is 0 Å². The van der Waals surface area contributed by atoms with Crippen LogP contribution >= 0.6 is 0 Å². The van der Waals surface area contributed by atoms with Crippen LogP contribution in [0.5, 0.6) is 0 Å². The van der Waals surface area contributed by atoms with Crippen molar-refractivity contribution >= 4 is 41.5 Å². The van der Waals surface area contributed by atoms with Gasteiger partial charge in [-0.15, -0.1) is 0 Å². The second-order valence-corrected chi connectivity index (χ2v) is 11.3. The number of nitrogens with zero attached hydrogens (tertiary/aromatic N) is 1. The zero-order chi connectivity index (χ0) is 34.5. The van der Waals surface area contributed by atoms with Crippen molar-refractivity contribution in [1.82, 2.24) is 20.9 Å². The van der Waals surface area contributed by atoms with E-state index < -0.39 is 84.5 Å². The number of carbonyl (C=O) groups is 7. The van der Waals surface area contributed by atoms with E-state index in [-0.39, 0.29) is 32.2 Å². The molecule has 5 amide bonds. The van der Waals surface area contributed by atoms with Gasteiger partial charge in [0, 0.05) is 25.8 Å². The molecule has 47 heavy (non-hydrogen) atoms. The number of rotatable bonds is 17. The molecule has 5 atom stereocenters. The van der Waals surface area contributed by atoms with Crippen molar-refractivity contribution in [3.05, 3.63) is 71.8 Å². The number of hydrogen-bond acceptors (Lipinski definition) is 8. The Bertz CT molecular complexity index is 1440. The predicted molar refractivity (Wildman–Crippen MR) is 167 cm³/mol. The second-order valence-electron chi connectivity index (χ2n) is 11.3. The minimum absolute atomic E-state index is 0.0191. The maximum Gasteiger partial charge on any atom is 0.326 e.